The highest BCUT2D eigenvalue weighted by atomic mass is 35.5. The molecule has 6 nitrogen and oxygen atoms in total. The van der Waals surface area contributed by atoms with E-state index in [0.29, 0.717) is 10.7 Å². The molecule has 0 unspecified atom stereocenters. The first-order valence-corrected chi connectivity index (χ1v) is 8.33. The number of nitrogens with zero attached hydrogens (tertiary/aromatic N) is 1. The van der Waals surface area contributed by atoms with Crippen LogP contribution in [0.15, 0.2) is 53.4 Å². The zero-order chi connectivity index (χ0) is 16.9. The average Bonchev–Trinajstić information content (AvgIpc) is 2.53. The van der Waals surface area contributed by atoms with Gasteiger partial charge in [0, 0.05) is 10.7 Å². The number of rotatable bonds is 5. The number of carbonyl (C=O) groups excluding carboxylic acids is 1. The number of hydrogen-bond donors (Lipinski definition) is 2. The molecule has 0 spiro atoms. The van der Waals surface area contributed by atoms with Gasteiger partial charge in [0.15, 0.2) is 0 Å². The van der Waals surface area contributed by atoms with E-state index in [0.717, 1.165) is 0 Å². The third-order valence-corrected chi connectivity index (χ3v) is 4.52. The van der Waals surface area contributed by atoms with Crippen LogP contribution in [0.3, 0.4) is 0 Å². The lowest BCUT2D eigenvalue weighted by atomic mass is 10.2. The normalized spacial score (nSPS) is 10.8. The number of hydrogen-bond acceptors (Lipinski definition) is 4. The van der Waals surface area contributed by atoms with Crippen molar-refractivity contribution < 1.29 is 13.2 Å². The van der Waals surface area contributed by atoms with Crippen LogP contribution in [0.4, 0.5) is 5.69 Å². The molecule has 1 amide bonds. The molecule has 0 bridgehead atoms. The predicted octanol–water partition coefficient (Wildman–Crippen LogP) is 2.13. The van der Waals surface area contributed by atoms with Gasteiger partial charge >= 0.3 is 0 Å². The van der Waals surface area contributed by atoms with Gasteiger partial charge in [0.1, 0.15) is 6.07 Å². The third kappa shape index (κ3) is 4.53. The summed E-state index contributed by atoms with van der Waals surface area (Å²) in [4.78, 5) is 11.6. The minimum Gasteiger partial charge on any atom is -0.325 e. The van der Waals surface area contributed by atoms with Crippen molar-refractivity contribution in [1.29, 1.82) is 5.26 Å². The van der Waals surface area contributed by atoms with Gasteiger partial charge < -0.3 is 5.32 Å². The van der Waals surface area contributed by atoms with Crippen molar-refractivity contribution in [3.8, 4) is 6.07 Å². The molecule has 0 heterocycles. The van der Waals surface area contributed by atoms with Crippen molar-refractivity contribution in [1.82, 2.24) is 4.72 Å². The molecule has 2 aromatic carbocycles. The summed E-state index contributed by atoms with van der Waals surface area (Å²) in [6.07, 6.45) is 0. The quantitative estimate of drug-likeness (QED) is 0.863. The molecule has 2 rings (SSSR count). The maximum absolute atomic E-state index is 12.2. The van der Waals surface area contributed by atoms with E-state index < -0.39 is 22.5 Å². The van der Waals surface area contributed by atoms with E-state index in [4.69, 9.17) is 16.9 Å². The highest BCUT2D eigenvalue weighted by Gasteiger charge is 2.19. The number of halogens is 1. The zero-order valence-corrected chi connectivity index (χ0v) is 13.4. The van der Waals surface area contributed by atoms with Gasteiger partial charge in [0.2, 0.25) is 15.9 Å². The molecule has 0 aliphatic heterocycles. The fourth-order valence-electron chi connectivity index (χ4n) is 1.80. The van der Waals surface area contributed by atoms with E-state index >= 15 is 0 Å². The molecular weight excluding hydrogens is 338 g/mol. The van der Waals surface area contributed by atoms with Crippen molar-refractivity contribution in [2.45, 2.75) is 4.90 Å². The molecule has 0 aliphatic rings. The summed E-state index contributed by atoms with van der Waals surface area (Å²) in [5, 5.41) is 11.9. The lowest BCUT2D eigenvalue weighted by molar-refractivity contribution is -0.115. The van der Waals surface area contributed by atoms with E-state index in [2.05, 4.69) is 10.0 Å². The lowest BCUT2D eigenvalue weighted by Crippen LogP contribution is -2.33. The Morgan fingerprint density at radius 3 is 2.61 bits per heavy atom. The average molecular weight is 350 g/mol. The molecule has 23 heavy (non-hydrogen) atoms. The Kier molecular flexibility index (Phi) is 5.34. The van der Waals surface area contributed by atoms with Crippen LogP contribution in [0.25, 0.3) is 0 Å². The fraction of sp³-hybridized carbons (Fsp3) is 0.0667. The van der Waals surface area contributed by atoms with Crippen molar-refractivity contribution in [3.05, 3.63) is 59.1 Å². The molecule has 2 N–H and O–H groups in total. The summed E-state index contributed by atoms with van der Waals surface area (Å²) in [5.41, 5.74) is 0.467. The second-order valence-electron chi connectivity index (χ2n) is 4.49. The van der Waals surface area contributed by atoms with Crippen molar-refractivity contribution in [2.75, 3.05) is 11.9 Å². The van der Waals surface area contributed by atoms with Crippen molar-refractivity contribution in [2.24, 2.45) is 0 Å². The van der Waals surface area contributed by atoms with Gasteiger partial charge in [0.25, 0.3) is 0 Å². The maximum Gasteiger partial charge on any atom is 0.242 e. The van der Waals surface area contributed by atoms with Crippen LogP contribution >= 0.6 is 11.6 Å². The van der Waals surface area contributed by atoms with Gasteiger partial charge in [-0.2, -0.15) is 5.26 Å². The molecule has 0 saturated heterocycles. The monoisotopic (exact) mass is 349 g/mol. The SMILES string of the molecule is N#Cc1ccccc1S(=O)(=O)NCC(=O)Nc1cccc(Cl)c1. The van der Waals surface area contributed by atoms with Crippen LogP contribution in [0.2, 0.25) is 5.02 Å². The molecule has 0 fully saturated rings. The molecule has 0 radical (unpaired) electrons. The Balaban J connectivity index is 2.05. The van der Waals surface area contributed by atoms with Gasteiger partial charge in [-0.25, -0.2) is 13.1 Å². The minimum absolute atomic E-state index is 0.00949. The Hall–Kier alpha value is -2.40. The van der Waals surface area contributed by atoms with Crippen LogP contribution in [0.1, 0.15) is 5.56 Å². The lowest BCUT2D eigenvalue weighted by Gasteiger charge is -2.09. The number of anilines is 1. The number of carbonyl (C=O) groups is 1. The number of benzene rings is 2. The van der Waals surface area contributed by atoms with Gasteiger partial charge in [0.05, 0.1) is 17.0 Å². The fourth-order valence-corrected chi connectivity index (χ4v) is 3.13. The number of nitrogens with one attached hydrogen (secondary N) is 2. The number of nitriles is 1. The van der Waals surface area contributed by atoms with E-state index in [1.165, 1.54) is 18.2 Å². The summed E-state index contributed by atoms with van der Waals surface area (Å²) in [6, 6.07) is 14.0. The largest absolute Gasteiger partial charge is 0.325 e. The van der Waals surface area contributed by atoms with Gasteiger partial charge in [-0.15, -0.1) is 0 Å². The Morgan fingerprint density at radius 1 is 1.17 bits per heavy atom. The van der Waals surface area contributed by atoms with E-state index in [1.54, 1.807) is 36.4 Å². The highest BCUT2D eigenvalue weighted by Crippen LogP contribution is 2.15. The summed E-state index contributed by atoms with van der Waals surface area (Å²) < 4.78 is 26.5. The molecule has 118 valence electrons. The summed E-state index contributed by atoms with van der Waals surface area (Å²) in [6.45, 7) is -0.464. The van der Waals surface area contributed by atoms with Crippen LogP contribution < -0.4 is 10.0 Å². The topological polar surface area (TPSA) is 99.1 Å². The third-order valence-electron chi connectivity index (χ3n) is 2.83. The molecule has 0 aromatic heterocycles. The first kappa shape index (κ1) is 17.0. The number of sulfonamides is 1. The minimum atomic E-state index is -3.96. The summed E-state index contributed by atoms with van der Waals surface area (Å²) in [5.74, 6) is -0.551. The smallest absolute Gasteiger partial charge is 0.242 e. The summed E-state index contributed by atoms with van der Waals surface area (Å²) >= 11 is 5.80. The second-order valence-corrected chi connectivity index (χ2v) is 6.66. The molecular formula is C15H12ClN3O3S. The predicted molar refractivity (Wildman–Crippen MR) is 86.4 cm³/mol. The maximum atomic E-state index is 12.2. The van der Waals surface area contributed by atoms with E-state index in [9.17, 15) is 13.2 Å². The Bertz CT molecular complexity index is 876. The zero-order valence-electron chi connectivity index (χ0n) is 11.8. The van der Waals surface area contributed by atoms with E-state index in [-0.39, 0.29) is 10.5 Å². The van der Waals surface area contributed by atoms with Crippen LogP contribution in [0.5, 0.6) is 0 Å². The molecule has 0 saturated carbocycles. The molecule has 0 atom stereocenters. The molecule has 8 heteroatoms. The molecule has 2 aromatic rings. The van der Waals surface area contributed by atoms with Gasteiger partial charge in [-0.3, -0.25) is 4.79 Å². The van der Waals surface area contributed by atoms with Gasteiger partial charge in [-0.1, -0.05) is 29.8 Å². The first-order valence-electron chi connectivity index (χ1n) is 6.46. The van der Waals surface area contributed by atoms with Crippen LogP contribution in [0, 0.1) is 11.3 Å². The highest BCUT2D eigenvalue weighted by molar-refractivity contribution is 7.89. The Labute approximate surface area is 138 Å². The van der Waals surface area contributed by atoms with Crippen LogP contribution in [-0.2, 0) is 14.8 Å². The van der Waals surface area contributed by atoms with Gasteiger partial charge in [-0.05, 0) is 30.3 Å². The summed E-state index contributed by atoms with van der Waals surface area (Å²) in [7, 11) is -3.96. The number of amides is 1. The van der Waals surface area contributed by atoms with Crippen LogP contribution in [-0.4, -0.2) is 20.9 Å². The Morgan fingerprint density at radius 2 is 1.91 bits per heavy atom. The van der Waals surface area contributed by atoms with Crippen molar-refractivity contribution in [3.63, 3.8) is 0 Å². The van der Waals surface area contributed by atoms with Crippen molar-refractivity contribution >= 4 is 33.2 Å². The second kappa shape index (κ2) is 7.24. The van der Waals surface area contributed by atoms with E-state index in [1.807, 2.05) is 0 Å². The standard InChI is InChI=1S/C15H12ClN3O3S/c16-12-5-3-6-13(8-12)19-15(20)10-18-23(21,22)14-7-2-1-4-11(14)9-17/h1-8,18H,10H2,(H,19,20). The first-order chi connectivity index (χ1) is 10.9. The molecule has 0 aliphatic carbocycles.